The Labute approximate surface area is 136 Å². The van der Waals surface area contributed by atoms with Gasteiger partial charge in [-0.05, 0) is 31.0 Å². The standard InChI is InChI=1S/C16H24N2O5/c1-4-9-23-13-6-5-12(10-14(13)22-3)11(2)18-16(21)17-8-7-15(19)20/h5-6,10-11H,4,7-9H2,1-3H3,(H,19,20)(H2,17,18,21). The lowest BCUT2D eigenvalue weighted by molar-refractivity contribution is -0.136. The molecule has 0 aliphatic heterocycles. The number of carboxylic acids is 1. The average molecular weight is 324 g/mol. The van der Waals surface area contributed by atoms with Crippen molar-refractivity contribution in [3.63, 3.8) is 0 Å². The van der Waals surface area contributed by atoms with E-state index in [0.29, 0.717) is 18.1 Å². The van der Waals surface area contributed by atoms with Crippen molar-refractivity contribution in [3.05, 3.63) is 23.8 Å². The number of urea groups is 1. The molecule has 1 unspecified atom stereocenters. The van der Waals surface area contributed by atoms with Gasteiger partial charge in [0.25, 0.3) is 0 Å². The summed E-state index contributed by atoms with van der Waals surface area (Å²) in [5.41, 5.74) is 0.860. The fourth-order valence-corrected chi connectivity index (χ4v) is 1.90. The minimum atomic E-state index is -0.953. The molecule has 23 heavy (non-hydrogen) atoms. The average Bonchev–Trinajstić information content (AvgIpc) is 2.52. The summed E-state index contributed by atoms with van der Waals surface area (Å²) in [6.07, 6.45) is 0.790. The number of ether oxygens (including phenoxy) is 2. The first-order valence-corrected chi connectivity index (χ1v) is 7.54. The van der Waals surface area contributed by atoms with Gasteiger partial charge in [0.2, 0.25) is 0 Å². The smallest absolute Gasteiger partial charge is 0.315 e. The van der Waals surface area contributed by atoms with Gasteiger partial charge in [0.1, 0.15) is 0 Å². The van der Waals surface area contributed by atoms with Crippen molar-refractivity contribution >= 4 is 12.0 Å². The molecule has 0 saturated carbocycles. The Morgan fingerprint density at radius 2 is 2.04 bits per heavy atom. The second-order valence-electron chi connectivity index (χ2n) is 5.02. The number of amides is 2. The summed E-state index contributed by atoms with van der Waals surface area (Å²) >= 11 is 0. The zero-order valence-electron chi connectivity index (χ0n) is 13.7. The van der Waals surface area contributed by atoms with Crippen molar-refractivity contribution in [1.82, 2.24) is 10.6 Å². The van der Waals surface area contributed by atoms with Crippen LogP contribution in [0.2, 0.25) is 0 Å². The van der Waals surface area contributed by atoms with E-state index in [4.69, 9.17) is 14.6 Å². The molecule has 1 aromatic carbocycles. The molecule has 1 atom stereocenters. The van der Waals surface area contributed by atoms with Gasteiger partial charge in [0.05, 0.1) is 26.2 Å². The number of carboxylic acid groups (broad SMARTS) is 1. The number of methoxy groups -OCH3 is 1. The number of hydrogen-bond donors (Lipinski definition) is 3. The van der Waals surface area contributed by atoms with E-state index in [0.717, 1.165) is 12.0 Å². The summed E-state index contributed by atoms with van der Waals surface area (Å²) in [5.74, 6) is 0.317. The highest BCUT2D eigenvalue weighted by Gasteiger charge is 2.13. The van der Waals surface area contributed by atoms with Gasteiger partial charge in [-0.15, -0.1) is 0 Å². The zero-order valence-corrected chi connectivity index (χ0v) is 13.7. The molecule has 0 spiro atoms. The number of carbonyl (C=O) groups excluding carboxylic acids is 1. The van der Waals surface area contributed by atoms with E-state index in [2.05, 4.69) is 10.6 Å². The van der Waals surface area contributed by atoms with E-state index in [1.165, 1.54) is 0 Å². The normalized spacial score (nSPS) is 11.4. The molecule has 0 aliphatic rings. The van der Waals surface area contributed by atoms with Gasteiger partial charge >= 0.3 is 12.0 Å². The predicted molar refractivity (Wildman–Crippen MR) is 86.0 cm³/mol. The Morgan fingerprint density at radius 3 is 2.65 bits per heavy atom. The van der Waals surface area contributed by atoms with Gasteiger partial charge < -0.3 is 25.2 Å². The summed E-state index contributed by atoms with van der Waals surface area (Å²) in [4.78, 5) is 22.1. The Morgan fingerprint density at radius 1 is 1.30 bits per heavy atom. The Hall–Kier alpha value is -2.44. The third-order valence-corrected chi connectivity index (χ3v) is 3.12. The molecular weight excluding hydrogens is 300 g/mol. The first kappa shape index (κ1) is 18.6. The highest BCUT2D eigenvalue weighted by Crippen LogP contribution is 2.30. The van der Waals surface area contributed by atoms with Crippen molar-refractivity contribution in [2.45, 2.75) is 32.7 Å². The monoisotopic (exact) mass is 324 g/mol. The molecule has 1 aromatic rings. The van der Waals surface area contributed by atoms with Crippen molar-refractivity contribution < 1.29 is 24.2 Å². The fraction of sp³-hybridized carbons (Fsp3) is 0.500. The van der Waals surface area contributed by atoms with Gasteiger partial charge in [-0.1, -0.05) is 13.0 Å². The quantitative estimate of drug-likeness (QED) is 0.648. The van der Waals surface area contributed by atoms with Crippen LogP contribution in [-0.4, -0.2) is 37.4 Å². The maximum Gasteiger partial charge on any atom is 0.315 e. The van der Waals surface area contributed by atoms with Crippen molar-refractivity contribution in [3.8, 4) is 11.5 Å². The lowest BCUT2D eigenvalue weighted by atomic mass is 10.1. The highest BCUT2D eigenvalue weighted by molar-refractivity contribution is 5.75. The molecule has 0 heterocycles. The largest absolute Gasteiger partial charge is 0.493 e. The molecule has 1 rings (SSSR count). The van der Waals surface area contributed by atoms with Gasteiger partial charge in [0.15, 0.2) is 11.5 Å². The molecule has 0 bridgehead atoms. The minimum absolute atomic E-state index is 0.0843. The van der Waals surface area contributed by atoms with Crippen LogP contribution >= 0.6 is 0 Å². The van der Waals surface area contributed by atoms with Crippen LogP contribution in [0.25, 0.3) is 0 Å². The second kappa shape index (κ2) is 9.55. The van der Waals surface area contributed by atoms with E-state index in [1.54, 1.807) is 7.11 Å². The van der Waals surface area contributed by atoms with Crippen LogP contribution in [0.15, 0.2) is 18.2 Å². The van der Waals surface area contributed by atoms with E-state index >= 15 is 0 Å². The van der Waals surface area contributed by atoms with Crippen LogP contribution in [-0.2, 0) is 4.79 Å². The molecule has 2 amide bonds. The van der Waals surface area contributed by atoms with E-state index in [1.807, 2.05) is 32.0 Å². The summed E-state index contributed by atoms with van der Waals surface area (Å²) in [6, 6.07) is 4.81. The number of carbonyl (C=O) groups is 2. The number of rotatable bonds is 9. The van der Waals surface area contributed by atoms with Gasteiger partial charge in [-0.25, -0.2) is 4.79 Å². The zero-order chi connectivity index (χ0) is 17.2. The van der Waals surface area contributed by atoms with Crippen LogP contribution in [0.3, 0.4) is 0 Å². The molecule has 0 saturated heterocycles. The maximum absolute atomic E-state index is 11.7. The van der Waals surface area contributed by atoms with E-state index in [-0.39, 0.29) is 19.0 Å². The Balaban J connectivity index is 2.63. The van der Waals surface area contributed by atoms with E-state index < -0.39 is 12.0 Å². The molecule has 0 fully saturated rings. The highest BCUT2D eigenvalue weighted by atomic mass is 16.5. The molecule has 0 radical (unpaired) electrons. The Kier molecular flexibility index (Phi) is 7.73. The SMILES string of the molecule is CCCOc1ccc(C(C)NC(=O)NCCC(=O)O)cc1OC. The van der Waals surface area contributed by atoms with Crippen LogP contribution in [0.4, 0.5) is 4.79 Å². The molecule has 128 valence electrons. The first-order valence-electron chi connectivity index (χ1n) is 7.54. The van der Waals surface area contributed by atoms with Crippen molar-refractivity contribution in [2.24, 2.45) is 0 Å². The molecule has 0 aliphatic carbocycles. The third kappa shape index (κ3) is 6.46. The van der Waals surface area contributed by atoms with E-state index in [9.17, 15) is 9.59 Å². The molecule has 0 aromatic heterocycles. The van der Waals surface area contributed by atoms with Crippen molar-refractivity contribution in [1.29, 1.82) is 0 Å². The van der Waals surface area contributed by atoms with Crippen LogP contribution in [0, 0.1) is 0 Å². The molecular formula is C16H24N2O5. The summed E-state index contributed by atoms with van der Waals surface area (Å²) in [7, 11) is 1.56. The fourth-order valence-electron chi connectivity index (χ4n) is 1.90. The molecule has 3 N–H and O–H groups in total. The second-order valence-corrected chi connectivity index (χ2v) is 5.02. The van der Waals surface area contributed by atoms with Gasteiger partial charge in [-0.2, -0.15) is 0 Å². The number of benzene rings is 1. The minimum Gasteiger partial charge on any atom is -0.493 e. The summed E-state index contributed by atoms with van der Waals surface area (Å²) < 4.78 is 10.9. The number of nitrogens with one attached hydrogen (secondary N) is 2. The third-order valence-electron chi connectivity index (χ3n) is 3.12. The maximum atomic E-state index is 11.7. The van der Waals surface area contributed by atoms with Gasteiger partial charge in [0, 0.05) is 6.54 Å². The van der Waals surface area contributed by atoms with Crippen LogP contribution < -0.4 is 20.1 Å². The molecule has 7 nitrogen and oxygen atoms in total. The van der Waals surface area contributed by atoms with Crippen molar-refractivity contribution in [2.75, 3.05) is 20.3 Å². The number of hydrogen-bond acceptors (Lipinski definition) is 4. The number of aliphatic carboxylic acids is 1. The van der Waals surface area contributed by atoms with Gasteiger partial charge in [-0.3, -0.25) is 4.79 Å². The lowest BCUT2D eigenvalue weighted by Crippen LogP contribution is -2.38. The first-order chi connectivity index (χ1) is 11.0. The lowest BCUT2D eigenvalue weighted by Gasteiger charge is -2.17. The predicted octanol–water partition coefficient (Wildman–Crippen LogP) is 2.32. The Bertz CT molecular complexity index is 533. The summed E-state index contributed by atoms with van der Waals surface area (Å²) in [6.45, 7) is 4.55. The van der Waals surface area contributed by atoms with Crippen LogP contribution in [0.5, 0.6) is 11.5 Å². The van der Waals surface area contributed by atoms with Crippen LogP contribution in [0.1, 0.15) is 38.3 Å². The topological polar surface area (TPSA) is 96.9 Å². The molecule has 7 heteroatoms. The summed E-state index contributed by atoms with van der Waals surface area (Å²) in [5, 5.41) is 13.8.